The summed E-state index contributed by atoms with van der Waals surface area (Å²) < 4.78 is 0. The number of benzene rings is 1. The summed E-state index contributed by atoms with van der Waals surface area (Å²) in [4.78, 5) is 0. The average Bonchev–Trinajstić information content (AvgIpc) is 2.17. The lowest BCUT2D eigenvalue weighted by Gasteiger charge is -2.07. The Morgan fingerprint density at radius 2 is 1.85 bits per heavy atom. The van der Waals surface area contributed by atoms with Crippen molar-refractivity contribution in [1.29, 1.82) is 0 Å². The molecule has 0 aromatic heterocycles. The Kier molecular flexibility index (Phi) is 5.43. The maximum atomic E-state index is 6.20. The molecule has 0 amide bonds. The zero-order valence-electron chi connectivity index (χ0n) is 8.04. The molecule has 1 aromatic rings. The van der Waals surface area contributed by atoms with Crippen molar-refractivity contribution in [2.75, 3.05) is 12.3 Å². The summed E-state index contributed by atoms with van der Waals surface area (Å²) in [5, 5.41) is 0. The topological polar surface area (TPSA) is 0 Å². The molecular formula is C11H16ClP. The lowest BCUT2D eigenvalue weighted by Crippen LogP contribution is -1.90. The summed E-state index contributed by atoms with van der Waals surface area (Å²) >= 11 is 6.20. The SMILES string of the molecule is CCCP(Cl)CCc1ccccc1. The van der Waals surface area contributed by atoms with Crippen LogP contribution >= 0.6 is 18.5 Å². The van der Waals surface area contributed by atoms with Gasteiger partial charge in [-0.15, -0.1) is 0 Å². The van der Waals surface area contributed by atoms with Crippen molar-refractivity contribution in [3.05, 3.63) is 35.9 Å². The minimum absolute atomic E-state index is 0.232. The van der Waals surface area contributed by atoms with E-state index in [4.69, 9.17) is 11.2 Å². The molecule has 0 fully saturated rings. The summed E-state index contributed by atoms with van der Waals surface area (Å²) in [6.45, 7) is 2.19. The van der Waals surface area contributed by atoms with Gasteiger partial charge < -0.3 is 0 Å². The number of hydrogen-bond donors (Lipinski definition) is 0. The van der Waals surface area contributed by atoms with Gasteiger partial charge in [-0.05, 0) is 31.6 Å². The molecule has 0 saturated heterocycles. The van der Waals surface area contributed by atoms with E-state index in [1.165, 1.54) is 18.1 Å². The largest absolute Gasteiger partial charge is 0.0964 e. The van der Waals surface area contributed by atoms with Crippen LogP contribution in [0.15, 0.2) is 30.3 Å². The molecule has 0 saturated carbocycles. The molecule has 0 nitrogen and oxygen atoms in total. The Balaban J connectivity index is 2.27. The summed E-state index contributed by atoms with van der Waals surface area (Å²) in [5.74, 6) is 0. The average molecular weight is 215 g/mol. The predicted molar refractivity (Wildman–Crippen MR) is 62.9 cm³/mol. The fourth-order valence-electron chi connectivity index (χ4n) is 1.25. The van der Waals surface area contributed by atoms with Crippen molar-refractivity contribution in [1.82, 2.24) is 0 Å². The van der Waals surface area contributed by atoms with E-state index in [1.54, 1.807) is 0 Å². The van der Waals surface area contributed by atoms with Crippen LogP contribution in [0.3, 0.4) is 0 Å². The maximum Gasteiger partial charge on any atom is -0.00941 e. The highest BCUT2D eigenvalue weighted by molar-refractivity contribution is 7.83. The van der Waals surface area contributed by atoms with E-state index >= 15 is 0 Å². The minimum atomic E-state index is -0.232. The maximum absolute atomic E-state index is 6.20. The van der Waals surface area contributed by atoms with Crippen LogP contribution in [0.4, 0.5) is 0 Å². The van der Waals surface area contributed by atoms with Crippen molar-refractivity contribution in [2.45, 2.75) is 19.8 Å². The van der Waals surface area contributed by atoms with E-state index in [-0.39, 0.29) is 7.27 Å². The van der Waals surface area contributed by atoms with Gasteiger partial charge in [0.1, 0.15) is 0 Å². The van der Waals surface area contributed by atoms with E-state index in [1.807, 2.05) is 0 Å². The molecule has 13 heavy (non-hydrogen) atoms. The highest BCUT2D eigenvalue weighted by Crippen LogP contribution is 2.41. The Morgan fingerprint density at radius 3 is 2.46 bits per heavy atom. The van der Waals surface area contributed by atoms with Crippen molar-refractivity contribution in [2.24, 2.45) is 0 Å². The summed E-state index contributed by atoms with van der Waals surface area (Å²) in [7, 11) is -0.232. The lowest BCUT2D eigenvalue weighted by atomic mass is 10.2. The molecular weight excluding hydrogens is 199 g/mol. The first-order chi connectivity index (χ1) is 6.33. The molecule has 72 valence electrons. The molecule has 1 atom stereocenters. The van der Waals surface area contributed by atoms with Crippen LogP contribution in [0.25, 0.3) is 0 Å². The van der Waals surface area contributed by atoms with Crippen molar-refractivity contribution in [3.8, 4) is 0 Å². The standard InChI is InChI=1S/C11H16ClP/c1-2-9-13(12)10-8-11-6-4-3-5-7-11/h3-7H,2,8-10H2,1H3. The lowest BCUT2D eigenvalue weighted by molar-refractivity contribution is 1.08. The first-order valence-corrected chi connectivity index (χ1v) is 7.39. The Morgan fingerprint density at radius 1 is 1.15 bits per heavy atom. The third kappa shape index (κ3) is 4.64. The molecule has 0 aliphatic carbocycles. The monoisotopic (exact) mass is 214 g/mol. The first kappa shape index (κ1) is 11.0. The van der Waals surface area contributed by atoms with E-state index in [2.05, 4.69) is 37.3 Å². The molecule has 0 aliphatic rings. The molecule has 0 radical (unpaired) electrons. The molecule has 1 aromatic carbocycles. The van der Waals surface area contributed by atoms with Crippen LogP contribution in [0.2, 0.25) is 0 Å². The van der Waals surface area contributed by atoms with Gasteiger partial charge in [-0.25, -0.2) is 0 Å². The Labute approximate surface area is 86.9 Å². The highest BCUT2D eigenvalue weighted by atomic mass is 35.7. The van der Waals surface area contributed by atoms with Gasteiger partial charge in [0.15, 0.2) is 0 Å². The van der Waals surface area contributed by atoms with E-state index in [9.17, 15) is 0 Å². The fourth-order valence-corrected chi connectivity index (χ4v) is 3.22. The van der Waals surface area contributed by atoms with Crippen LogP contribution in [0, 0.1) is 0 Å². The van der Waals surface area contributed by atoms with E-state index < -0.39 is 0 Å². The summed E-state index contributed by atoms with van der Waals surface area (Å²) in [6, 6.07) is 10.6. The van der Waals surface area contributed by atoms with Crippen LogP contribution < -0.4 is 0 Å². The van der Waals surface area contributed by atoms with Gasteiger partial charge in [-0.2, -0.15) is 0 Å². The number of aryl methyl sites for hydroxylation is 1. The van der Waals surface area contributed by atoms with Gasteiger partial charge in [0.25, 0.3) is 0 Å². The van der Waals surface area contributed by atoms with Gasteiger partial charge >= 0.3 is 0 Å². The molecule has 0 N–H and O–H groups in total. The molecule has 0 heterocycles. The Bertz CT molecular complexity index is 223. The first-order valence-electron chi connectivity index (χ1n) is 4.77. The number of rotatable bonds is 5. The van der Waals surface area contributed by atoms with Gasteiger partial charge in [-0.1, -0.05) is 54.9 Å². The van der Waals surface area contributed by atoms with E-state index in [0.29, 0.717) is 0 Å². The van der Waals surface area contributed by atoms with Gasteiger partial charge in [0.05, 0.1) is 0 Å². The number of hydrogen-bond acceptors (Lipinski definition) is 0. The second kappa shape index (κ2) is 6.40. The van der Waals surface area contributed by atoms with Gasteiger partial charge in [0, 0.05) is 0 Å². The van der Waals surface area contributed by atoms with Crippen LogP contribution in [0.5, 0.6) is 0 Å². The normalized spacial score (nSPS) is 12.8. The van der Waals surface area contributed by atoms with Crippen LogP contribution in [-0.2, 0) is 6.42 Å². The molecule has 2 heteroatoms. The van der Waals surface area contributed by atoms with E-state index in [0.717, 1.165) is 12.6 Å². The highest BCUT2D eigenvalue weighted by Gasteiger charge is 2.02. The Hall–Kier alpha value is -0.0600. The van der Waals surface area contributed by atoms with Gasteiger partial charge in [0.2, 0.25) is 0 Å². The van der Waals surface area contributed by atoms with Crippen molar-refractivity contribution >= 4 is 18.5 Å². The quantitative estimate of drug-likeness (QED) is 0.642. The van der Waals surface area contributed by atoms with Crippen molar-refractivity contribution < 1.29 is 0 Å². The molecule has 0 aliphatic heterocycles. The minimum Gasteiger partial charge on any atom is -0.0964 e. The van der Waals surface area contributed by atoms with Crippen LogP contribution in [-0.4, -0.2) is 12.3 Å². The third-order valence-electron chi connectivity index (χ3n) is 1.95. The van der Waals surface area contributed by atoms with Gasteiger partial charge in [-0.3, -0.25) is 0 Å². The molecule has 0 spiro atoms. The summed E-state index contributed by atoms with van der Waals surface area (Å²) in [6.07, 6.45) is 4.71. The zero-order valence-corrected chi connectivity index (χ0v) is 9.69. The second-order valence-electron chi connectivity index (χ2n) is 3.15. The summed E-state index contributed by atoms with van der Waals surface area (Å²) in [5.41, 5.74) is 1.41. The molecule has 0 bridgehead atoms. The molecule has 1 rings (SSSR count). The van der Waals surface area contributed by atoms with Crippen LogP contribution in [0.1, 0.15) is 18.9 Å². The predicted octanol–water partition coefficient (Wildman–Crippen LogP) is 4.27. The molecule has 1 unspecified atom stereocenters. The second-order valence-corrected chi connectivity index (χ2v) is 6.40. The fraction of sp³-hybridized carbons (Fsp3) is 0.455. The zero-order chi connectivity index (χ0) is 9.52. The third-order valence-corrected chi connectivity index (χ3v) is 4.61. The van der Waals surface area contributed by atoms with Crippen molar-refractivity contribution in [3.63, 3.8) is 0 Å². The smallest absolute Gasteiger partial charge is 0.00941 e. The number of halogens is 1.